The predicted molar refractivity (Wildman–Crippen MR) is 101 cm³/mol. The number of halogens is 1. The van der Waals surface area contributed by atoms with Gasteiger partial charge in [-0.15, -0.1) is 0 Å². The average Bonchev–Trinajstić information content (AvgIpc) is 3.33. The Balaban J connectivity index is 1.77. The lowest BCUT2D eigenvalue weighted by Crippen LogP contribution is -2.15. The van der Waals surface area contributed by atoms with Crippen molar-refractivity contribution in [1.29, 1.82) is 0 Å². The summed E-state index contributed by atoms with van der Waals surface area (Å²) in [5.41, 5.74) is 2.24. The van der Waals surface area contributed by atoms with E-state index in [-0.39, 0.29) is 12.3 Å². The number of hydrogen-bond acceptors (Lipinski definition) is 6. The zero-order valence-corrected chi connectivity index (χ0v) is 16.0. The van der Waals surface area contributed by atoms with Gasteiger partial charge in [-0.1, -0.05) is 0 Å². The Morgan fingerprint density at radius 2 is 1.89 bits per heavy atom. The highest BCUT2D eigenvalue weighted by molar-refractivity contribution is 5.96. The highest BCUT2D eigenvalue weighted by atomic mass is 19.1. The highest BCUT2D eigenvalue weighted by Crippen LogP contribution is 2.39. The minimum atomic E-state index is -1.05. The molecule has 28 heavy (non-hydrogen) atoms. The van der Waals surface area contributed by atoms with E-state index in [1.54, 1.807) is 33.4 Å². The van der Waals surface area contributed by atoms with Crippen molar-refractivity contribution in [3.05, 3.63) is 24.2 Å². The second kappa shape index (κ2) is 6.74. The number of nitrogens with zero attached hydrogens (tertiary/aromatic N) is 4. The zero-order chi connectivity index (χ0) is 20.0. The molecule has 8 nitrogen and oxygen atoms in total. The van der Waals surface area contributed by atoms with Gasteiger partial charge in [0.1, 0.15) is 23.4 Å². The van der Waals surface area contributed by atoms with Crippen molar-refractivity contribution in [2.24, 2.45) is 13.0 Å². The summed E-state index contributed by atoms with van der Waals surface area (Å²) in [6.07, 6.45) is 0.882. The fourth-order valence-electron chi connectivity index (χ4n) is 3.23. The van der Waals surface area contributed by atoms with Crippen molar-refractivity contribution in [3.63, 3.8) is 0 Å². The van der Waals surface area contributed by atoms with Gasteiger partial charge in [0.2, 0.25) is 17.7 Å². The summed E-state index contributed by atoms with van der Waals surface area (Å²) in [5.74, 6) is 0.814. The van der Waals surface area contributed by atoms with Gasteiger partial charge in [0, 0.05) is 12.4 Å². The maximum absolute atomic E-state index is 13.1. The lowest BCUT2D eigenvalue weighted by Gasteiger charge is -2.13. The molecule has 0 aromatic carbocycles. The number of aryl methyl sites for hydroxylation is 2. The van der Waals surface area contributed by atoms with Gasteiger partial charge in [-0.25, -0.2) is 9.37 Å². The van der Waals surface area contributed by atoms with Crippen LogP contribution in [0.25, 0.3) is 22.2 Å². The number of alkyl halides is 1. The minimum absolute atomic E-state index is 0.274. The fourth-order valence-corrected chi connectivity index (χ4v) is 3.23. The second-order valence-electron chi connectivity index (χ2n) is 6.73. The second-order valence-corrected chi connectivity index (χ2v) is 6.73. The maximum atomic E-state index is 13.1. The van der Waals surface area contributed by atoms with E-state index in [2.05, 4.69) is 20.3 Å². The van der Waals surface area contributed by atoms with Gasteiger partial charge in [0.15, 0.2) is 0 Å². The Hall–Kier alpha value is -3.23. The predicted octanol–water partition coefficient (Wildman–Crippen LogP) is 2.65. The van der Waals surface area contributed by atoms with Crippen molar-refractivity contribution in [2.75, 3.05) is 19.5 Å². The van der Waals surface area contributed by atoms with E-state index in [0.29, 0.717) is 29.0 Å². The summed E-state index contributed by atoms with van der Waals surface area (Å²) in [5, 5.41) is 3.52. The molecule has 0 radical (unpaired) electrons. The first-order valence-corrected chi connectivity index (χ1v) is 8.80. The van der Waals surface area contributed by atoms with Crippen molar-refractivity contribution < 1.29 is 18.7 Å². The minimum Gasteiger partial charge on any atom is -0.480 e. The van der Waals surface area contributed by atoms with Crippen LogP contribution in [-0.4, -0.2) is 45.8 Å². The van der Waals surface area contributed by atoms with Crippen molar-refractivity contribution in [1.82, 2.24) is 19.5 Å². The largest absolute Gasteiger partial charge is 0.480 e. The standard InChI is InChI=1S/C19H20FN5O3/c1-9-22-18(27-3)16(19(23-9)28-4)13-5-10-6-15(21-8-14(10)25(13)2)24-17(26)11-7-12(11)20/h5-6,8,11-12H,7H2,1-4H3,(H,21,24,26). The van der Waals surface area contributed by atoms with E-state index in [9.17, 15) is 9.18 Å². The van der Waals surface area contributed by atoms with Gasteiger partial charge in [-0.05, 0) is 25.5 Å². The Kier molecular flexibility index (Phi) is 4.37. The van der Waals surface area contributed by atoms with Crippen LogP contribution in [0.15, 0.2) is 18.3 Å². The molecule has 1 fully saturated rings. The molecule has 3 aromatic rings. The molecule has 1 amide bonds. The number of nitrogens with one attached hydrogen (secondary N) is 1. The molecule has 1 saturated carbocycles. The summed E-state index contributed by atoms with van der Waals surface area (Å²) in [7, 11) is 4.96. The third-order valence-electron chi connectivity index (χ3n) is 4.83. The number of hydrogen-bond donors (Lipinski definition) is 1. The van der Waals surface area contributed by atoms with Crippen LogP contribution in [0.4, 0.5) is 10.2 Å². The van der Waals surface area contributed by atoms with Crippen LogP contribution in [0.5, 0.6) is 11.8 Å². The molecular formula is C19H20FN5O3. The van der Waals surface area contributed by atoms with E-state index >= 15 is 0 Å². The Morgan fingerprint density at radius 1 is 1.25 bits per heavy atom. The molecule has 146 valence electrons. The Morgan fingerprint density at radius 3 is 2.46 bits per heavy atom. The number of rotatable bonds is 5. The van der Waals surface area contributed by atoms with Gasteiger partial charge in [0.25, 0.3) is 0 Å². The summed E-state index contributed by atoms with van der Waals surface area (Å²) < 4.78 is 25.9. The summed E-state index contributed by atoms with van der Waals surface area (Å²) >= 11 is 0. The topological polar surface area (TPSA) is 91.2 Å². The molecule has 2 unspecified atom stereocenters. The molecule has 0 aliphatic heterocycles. The smallest absolute Gasteiger partial charge is 0.231 e. The van der Waals surface area contributed by atoms with Gasteiger partial charge < -0.3 is 19.4 Å². The van der Waals surface area contributed by atoms with Gasteiger partial charge in [-0.2, -0.15) is 9.97 Å². The molecule has 4 rings (SSSR count). The van der Waals surface area contributed by atoms with E-state index < -0.39 is 12.1 Å². The van der Waals surface area contributed by atoms with Crippen LogP contribution in [0.2, 0.25) is 0 Å². The first-order valence-electron chi connectivity index (χ1n) is 8.80. The highest BCUT2D eigenvalue weighted by Gasteiger charge is 2.43. The summed E-state index contributed by atoms with van der Waals surface area (Å²) in [6.45, 7) is 1.76. The van der Waals surface area contributed by atoms with Crippen LogP contribution in [0, 0.1) is 12.8 Å². The third-order valence-corrected chi connectivity index (χ3v) is 4.83. The number of fused-ring (bicyclic) bond motifs is 1. The summed E-state index contributed by atoms with van der Waals surface area (Å²) in [6, 6.07) is 3.67. The van der Waals surface area contributed by atoms with Crippen LogP contribution < -0.4 is 14.8 Å². The van der Waals surface area contributed by atoms with Gasteiger partial charge >= 0.3 is 0 Å². The zero-order valence-electron chi connectivity index (χ0n) is 16.0. The lowest BCUT2D eigenvalue weighted by molar-refractivity contribution is -0.117. The molecule has 3 aromatic heterocycles. The molecule has 1 aliphatic carbocycles. The average molecular weight is 385 g/mol. The van der Waals surface area contributed by atoms with Crippen LogP contribution >= 0.6 is 0 Å². The fraction of sp³-hybridized carbons (Fsp3) is 0.368. The van der Waals surface area contributed by atoms with E-state index in [1.807, 2.05) is 17.7 Å². The number of carbonyl (C=O) groups excluding carboxylic acids is 1. The molecular weight excluding hydrogens is 365 g/mol. The van der Waals surface area contributed by atoms with Crippen LogP contribution in [-0.2, 0) is 11.8 Å². The third kappa shape index (κ3) is 3.02. The number of aromatic nitrogens is 4. The van der Waals surface area contributed by atoms with Gasteiger partial charge in [-0.3, -0.25) is 4.79 Å². The number of pyridine rings is 1. The van der Waals surface area contributed by atoms with Crippen LogP contribution in [0.3, 0.4) is 0 Å². The van der Waals surface area contributed by atoms with Crippen molar-refractivity contribution >= 4 is 22.6 Å². The monoisotopic (exact) mass is 385 g/mol. The first kappa shape index (κ1) is 18.1. The first-order chi connectivity index (χ1) is 13.4. The molecule has 9 heteroatoms. The quantitative estimate of drug-likeness (QED) is 0.726. The maximum Gasteiger partial charge on any atom is 0.231 e. The number of ether oxygens (including phenoxy) is 2. The number of methoxy groups -OCH3 is 2. The molecule has 1 aliphatic rings. The number of amides is 1. The normalized spacial score (nSPS) is 18.2. The van der Waals surface area contributed by atoms with Gasteiger partial charge in [0.05, 0.1) is 37.5 Å². The molecule has 1 N–H and O–H groups in total. The molecule has 2 atom stereocenters. The van der Waals surface area contributed by atoms with E-state index in [4.69, 9.17) is 9.47 Å². The summed E-state index contributed by atoms with van der Waals surface area (Å²) in [4.78, 5) is 24.9. The van der Waals surface area contributed by atoms with Crippen molar-refractivity contribution in [2.45, 2.75) is 19.5 Å². The lowest BCUT2D eigenvalue weighted by atomic mass is 10.2. The molecule has 3 heterocycles. The van der Waals surface area contributed by atoms with E-state index in [0.717, 1.165) is 16.6 Å². The molecule has 0 saturated heterocycles. The van der Waals surface area contributed by atoms with E-state index in [1.165, 1.54) is 0 Å². The number of carbonyl (C=O) groups is 1. The number of anilines is 1. The Labute approximate surface area is 160 Å². The molecule has 0 bridgehead atoms. The SMILES string of the molecule is COc1nc(C)nc(OC)c1-c1cc2cc(NC(=O)C3CC3F)ncc2n1C. The van der Waals surface area contributed by atoms with Crippen molar-refractivity contribution in [3.8, 4) is 23.0 Å². The molecule has 0 spiro atoms. The van der Waals surface area contributed by atoms with Crippen LogP contribution in [0.1, 0.15) is 12.2 Å². The Bertz CT molecular complexity index is 1060.